The van der Waals surface area contributed by atoms with Crippen LogP contribution in [0.5, 0.6) is 0 Å². The Bertz CT molecular complexity index is 555. The van der Waals surface area contributed by atoms with E-state index in [9.17, 15) is 8.78 Å². The third-order valence-corrected chi connectivity index (χ3v) is 3.85. The Kier molecular flexibility index (Phi) is 4.09. The van der Waals surface area contributed by atoms with Crippen molar-refractivity contribution in [2.75, 3.05) is 5.73 Å². The zero-order chi connectivity index (χ0) is 13.1. The molecule has 2 N–H and O–H groups in total. The average molecular weight is 286 g/mol. The van der Waals surface area contributed by atoms with E-state index in [2.05, 4.69) is 0 Å². The molecule has 0 saturated carbocycles. The second-order valence-corrected chi connectivity index (χ2v) is 5.10. The average Bonchev–Trinajstić information content (AvgIpc) is 2.31. The number of anilines is 1. The maximum absolute atomic E-state index is 13.4. The lowest BCUT2D eigenvalue weighted by atomic mass is 10.2. The Hall–Kier alpha value is -1.26. The van der Waals surface area contributed by atoms with Crippen LogP contribution < -0.4 is 5.73 Å². The van der Waals surface area contributed by atoms with Crippen LogP contribution in [0.1, 0.15) is 5.56 Å². The lowest BCUT2D eigenvalue weighted by Crippen LogP contribution is -1.94. The van der Waals surface area contributed by atoms with Crippen LogP contribution in [0.15, 0.2) is 41.3 Å². The van der Waals surface area contributed by atoms with Crippen molar-refractivity contribution >= 4 is 29.1 Å². The fourth-order valence-corrected chi connectivity index (χ4v) is 2.78. The van der Waals surface area contributed by atoms with E-state index in [0.717, 1.165) is 11.6 Å². The molecule has 2 aromatic carbocycles. The van der Waals surface area contributed by atoms with E-state index < -0.39 is 11.6 Å². The number of benzene rings is 2. The molecule has 0 fully saturated rings. The molecule has 0 saturated heterocycles. The maximum Gasteiger partial charge on any atom is 0.139 e. The number of nitrogen functional groups attached to an aromatic ring is 1. The van der Waals surface area contributed by atoms with Gasteiger partial charge in [0.2, 0.25) is 0 Å². The number of hydrogen-bond acceptors (Lipinski definition) is 2. The van der Waals surface area contributed by atoms with Crippen LogP contribution >= 0.6 is 23.4 Å². The van der Waals surface area contributed by atoms with Crippen molar-refractivity contribution in [3.63, 3.8) is 0 Å². The minimum Gasteiger partial charge on any atom is -0.398 e. The highest BCUT2D eigenvalue weighted by atomic mass is 35.5. The zero-order valence-corrected chi connectivity index (χ0v) is 10.9. The van der Waals surface area contributed by atoms with Crippen LogP contribution in [0.2, 0.25) is 5.02 Å². The molecule has 0 aliphatic heterocycles. The molecule has 5 heteroatoms. The summed E-state index contributed by atoms with van der Waals surface area (Å²) in [7, 11) is 0. The first-order chi connectivity index (χ1) is 8.58. The van der Waals surface area contributed by atoms with Gasteiger partial charge in [0.05, 0.1) is 0 Å². The molecule has 0 aliphatic carbocycles. The topological polar surface area (TPSA) is 26.0 Å². The molecule has 0 radical (unpaired) electrons. The SMILES string of the molecule is Nc1cccc(Cl)c1CSc1ccc(F)cc1F. The number of thioether (sulfide) groups is 1. The molecule has 0 atom stereocenters. The van der Waals surface area contributed by atoms with Gasteiger partial charge in [-0.3, -0.25) is 0 Å². The van der Waals surface area contributed by atoms with E-state index in [1.165, 1.54) is 23.9 Å². The molecule has 94 valence electrons. The van der Waals surface area contributed by atoms with Gasteiger partial charge in [-0.15, -0.1) is 11.8 Å². The Morgan fingerprint density at radius 2 is 1.94 bits per heavy atom. The van der Waals surface area contributed by atoms with Crippen LogP contribution in [-0.2, 0) is 5.75 Å². The van der Waals surface area contributed by atoms with Gasteiger partial charge in [0.15, 0.2) is 0 Å². The zero-order valence-electron chi connectivity index (χ0n) is 9.29. The van der Waals surface area contributed by atoms with E-state index in [1.54, 1.807) is 18.2 Å². The van der Waals surface area contributed by atoms with Gasteiger partial charge in [-0.1, -0.05) is 17.7 Å². The maximum atomic E-state index is 13.4. The number of hydrogen-bond donors (Lipinski definition) is 1. The van der Waals surface area contributed by atoms with E-state index in [4.69, 9.17) is 17.3 Å². The second-order valence-electron chi connectivity index (χ2n) is 3.67. The predicted molar refractivity (Wildman–Crippen MR) is 71.8 cm³/mol. The molecule has 0 spiro atoms. The van der Waals surface area contributed by atoms with Crippen molar-refractivity contribution in [1.29, 1.82) is 0 Å². The van der Waals surface area contributed by atoms with E-state index in [0.29, 0.717) is 21.4 Å². The molecule has 2 rings (SSSR count). The van der Waals surface area contributed by atoms with Gasteiger partial charge in [0.1, 0.15) is 11.6 Å². The predicted octanol–water partition coefficient (Wildman–Crippen LogP) is 4.49. The fraction of sp³-hybridized carbons (Fsp3) is 0.0769. The molecule has 2 aromatic rings. The molecule has 0 amide bonds. The summed E-state index contributed by atoms with van der Waals surface area (Å²) in [5.41, 5.74) is 7.12. The Labute approximate surface area is 113 Å². The van der Waals surface area contributed by atoms with Crippen molar-refractivity contribution in [3.8, 4) is 0 Å². The lowest BCUT2D eigenvalue weighted by Gasteiger charge is -2.08. The number of rotatable bonds is 3. The van der Waals surface area contributed by atoms with Crippen LogP contribution in [0, 0.1) is 11.6 Å². The summed E-state index contributed by atoms with van der Waals surface area (Å²) < 4.78 is 26.2. The first kappa shape index (κ1) is 13.2. The first-order valence-corrected chi connectivity index (χ1v) is 6.55. The Morgan fingerprint density at radius 1 is 1.17 bits per heavy atom. The second kappa shape index (κ2) is 5.59. The van der Waals surface area contributed by atoms with Crippen LogP contribution in [0.25, 0.3) is 0 Å². The Morgan fingerprint density at radius 3 is 2.61 bits per heavy atom. The van der Waals surface area contributed by atoms with E-state index in [1.807, 2.05) is 0 Å². The highest BCUT2D eigenvalue weighted by Crippen LogP contribution is 2.31. The molecular weight excluding hydrogens is 276 g/mol. The largest absolute Gasteiger partial charge is 0.398 e. The molecular formula is C13H10ClF2NS. The van der Waals surface area contributed by atoms with Gasteiger partial charge in [-0.25, -0.2) is 8.78 Å². The monoisotopic (exact) mass is 285 g/mol. The fourth-order valence-electron chi connectivity index (χ4n) is 1.47. The third-order valence-electron chi connectivity index (χ3n) is 2.42. The molecule has 18 heavy (non-hydrogen) atoms. The van der Waals surface area contributed by atoms with Crippen molar-refractivity contribution < 1.29 is 8.78 Å². The highest BCUT2D eigenvalue weighted by Gasteiger charge is 2.08. The van der Waals surface area contributed by atoms with Crippen LogP contribution in [0.4, 0.5) is 14.5 Å². The first-order valence-electron chi connectivity index (χ1n) is 5.18. The van der Waals surface area contributed by atoms with Gasteiger partial charge < -0.3 is 5.73 Å². The molecule has 0 aliphatic rings. The minimum atomic E-state index is -0.589. The summed E-state index contributed by atoms with van der Waals surface area (Å²) in [5, 5.41) is 0.546. The lowest BCUT2D eigenvalue weighted by molar-refractivity contribution is 0.565. The van der Waals surface area contributed by atoms with Crippen molar-refractivity contribution in [2.24, 2.45) is 0 Å². The summed E-state index contributed by atoms with van der Waals surface area (Å²) in [5.74, 6) is -0.728. The molecule has 1 nitrogen and oxygen atoms in total. The minimum absolute atomic E-state index is 0.371. The van der Waals surface area contributed by atoms with E-state index in [-0.39, 0.29) is 0 Å². The van der Waals surface area contributed by atoms with Crippen molar-refractivity contribution in [2.45, 2.75) is 10.6 Å². The number of halogens is 3. The van der Waals surface area contributed by atoms with E-state index >= 15 is 0 Å². The summed E-state index contributed by atoms with van der Waals surface area (Å²) in [6, 6.07) is 8.71. The third kappa shape index (κ3) is 2.94. The van der Waals surface area contributed by atoms with Gasteiger partial charge >= 0.3 is 0 Å². The van der Waals surface area contributed by atoms with Crippen molar-refractivity contribution in [1.82, 2.24) is 0 Å². The van der Waals surface area contributed by atoms with Gasteiger partial charge in [0, 0.05) is 33.0 Å². The smallest absolute Gasteiger partial charge is 0.139 e. The number of nitrogens with two attached hydrogens (primary N) is 1. The van der Waals surface area contributed by atoms with Gasteiger partial charge in [-0.05, 0) is 24.3 Å². The normalized spacial score (nSPS) is 10.6. The molecule has 0 unspecified atom stereocenters. The molecule has 0 bridgehead atoms. The summed E-state index contributed by atoms with van der Waals surface area (Å²) in [6.45, 7) is 0. The van der Waals surface area contributed by atoms with Gasteiger partial charge in [-0.2, -0.15) is 0 Å². The molecule has 0 heterocycles. The van der Waals surface area contributed by atoms with Crippen LogP contribution in [0.3, 0.4) is 0 Å². The summed E-state index contributed by atoms with van der Waals surface area (Å²) in [6.07, 6.45) is 0. The quantitative estimate of drug-likeness (QED) is 0.664. The Balaban J connectivity index is 2.16. The highest BCUT2D eigenvalue weighted by molar-refractivity contribution is 7.98. The van der Waals surface area contributed by atoms with Gasteiger partial charge in [0.25, 0.3) is 0 Å². The molecule has 0 aromatic heterocycles. The standard InChI is InChI=1S/C13H10ClF2NS/c14-10-2-1-3-12(17)9(10)7-18-13-5-4-8(15)6-11(13)16/h1-6H,7,17H2. The van der Waals surface area contributed by atoms with Crippen LogP contribution in [-0.4, -0.2) is 0 Å². The van der Waals surface area contributed by atoms with Crippen molar-refractivity contribution in [3.05, 3.63) is 58.6 Å². The summed E-state index contributed by atoms with van der Waals surface area (Å²) >= 11 is 7.24. The summed E-state index contributed by atoms with van der Waals surface area (Å²) in [4.78, 5) is 0.371.